The molecule has 0 radical (unpaired) electrons. The minimum Gasteiger partial charge on any atom is -0.385 e. The van der Waals surface area contributed by atoms with Crippen LogP contribution < -0.4 is 0 Å². The lowest BCUT2D eigenvalue weighted by Crippen LogP contribution is -2.60. The lowest BCUT2D eigenvalue weighted by molar-refractivity contribution is -0.150. The van der Waals surface area contributed by atoms with Crippen LogP contribution in [0.15, 0.2) is 54.6 Å². The number of aliphatic hydroxyl groups is 1. The molecule has 2 fully saturated rings. The summed E-state index contributed by atoms with van der Waals surface area (Å²) in [6, 6.07) is 17.1. The maximum Gasteiger partial charge on any atom is 0.129 e. The first kappa shape index (κ1) is 15.8. The molecular formula is C20H22FNO2. The topological polar surface area (TPSA) is 32.7 Å². The van der Waals surface area contributed by atoms with E-state index in [9.17, 15) is 9.50 Å². The molecule has 2 atom stereocenters. The van der Waals surface area contributed by atoms with Gasteiger partial charge in [-0.05, 0) is 24.5 Å². The van der Waals surface area contributed by atoms with Crippen molar-refractivity contribution in [2.24, 2.45) is 0 Å². The van der Waals surface area contributed by atoms with E-state index < -0.39 is 5.60 Å². The molecule has 2 aromatic carbocycles. The van der Waals surface area contributed by atoms with Crippen molar-refractivity contribution in [2.45, 2.75) is 37.1 Å². The van der Waals surface area contributed by atoms with Gasteiger partial charge in [0.2, 0.25) is 0 Å². The quantitative estimate of drug-likeness (QED) is 0.940. The molecule has 0 aliphatic carbocycles. The van der Waals surface area contributed by atoms with Gasteiger partial charge in [-0.1, -0.05) is 48.5 Å². The highest BCUT2D eigenvalue weighted by Crippen LogP contribution is 2.42. The van der Waals surface area contributed by atoms with Crippen molar-refractivity contribution in [1.29, 1.82) is 0 Å². The molecule has 0 saturated carbocycles. The van der Waals surface area contributed by atoms with Gasteiger partial charge in [0.15, 0.2) is 0 Å². The largest absolute Gasteiger partial charge is 0.385 e. The molecule has 3 nitrogen and oxygen atoms in total. The Kier molecular flexibility index (Phi) is 4.12. The smallest absolute Gasteiger partial charge is 0.129 e. The summed E-state index contributed by atoms with van der Waals surface area (Å²) in [6.07, 6.45) is 0.995. The zero-order chi connectivity index (χ0) is 16.6. The monoisotopic (exact) mass is 327 g/mol. The van der Waals surface area contributed by atoms with Crippen LogP contribution in [0.4, 0.5) is 4.39 Å². The predicted octanol–water partition coefficient (Wildman–Crippen LogP) is 3.08. The van der Waals surface area contributed by atoms with Gasteiger partial charge in [-0.25, -0.2) is 4.39 Å². The molecule has 4 heteroatoms. The Morgan fingerprint density at radius 1 is 1.00 bits per heavy atom. The summed E-state index contributed by atoms with van der Waals surface area (Å²) in [6.45, 7) is 2.01. The third-order valence-electron chi connectivity index (χ3n) is 5.29. The summed E-state index contributed by atoms with van der Waals surface area (Å²) in [5.41, 5.74) is 0.560. The molecule has 2 bridgehead atoms. The zero-order valence-corrected chi connectivity index (χ0v) is 13.6. The summed E-state index contributed by atoms with van der Waals surface area (Å²) in [5.74, 6) is -0.324. The summed E-state index contributed by atoms with van der Waals surface area (Å²) < 4.78 is 20.0. The molecule has 4 rings (SSSR count). The Morgan fingerprint density at radius 2 is 1.62 bits per heavy atom. The number of ether oxygens (including phenoxy) is 1. The second-order valence-corrected chi connectivity index (χ2v) is 6.92. The Bertz CT molecular complexity index is 692. The van der Waals surface area contributed by atoms with Crippen molar-refractivity contribution in [3.8, 4) is 0 Å². The van der Waals surface area contributed by atoms with E-state index in [1.807, 2.05) is 18.2 Å². The minimum absolute atomic E-state index is 0.0994. The Morgan fingerprint density at radius 3 is 2.29 bits per heavy atom. The van der Waals surface area contributed by atoms with Gasteiger partial charge in [-0.15, -0.1) is 0 Å². The summed E-state index contributed by atoms with van der Waals surface area (Å²) >= 11 is 0. The number of hydrogen-bond acceptors (Lipinski definition) is 3. The number of halogens is 1. The molecule has 2 heterocycles. The Labute approximate surface area is 141 Å². The van der Waals surface area contributed by atoms with Crippen LogP contribution in [-0.4, -0.2) is 35.3 Å². The van der Waals surface area contributed by atoms with Gasteiger partial charge in [-0.3, -0.25) is 4.90 Å². The van der Waals surface area contributed by atoms with Gasteiger partial charge in [0, 0.05) is 24.2 Å². The fourth-order valence-electron chi connectivity index (χ4n) is 4.16. The number of benzene rings is 2. The third kappa shape index (κ3) is 2.86. The maximum atomic E-state index is 14.2. The first-order valence-corrected chi connectivity index (χ1v) is 8.50. The van der Waals surface area contributed by atoms with Gasteiger partial charge >= 0.3 is 0 Å². The molecule has 1 N–H and O–H groups in total. The highest BCUT2D eigenvalue weighted by molar-refractivity contribution is 5.26. The van der Waals surface area contributed by atoms with Gasteiger partial charge in [0.05, 0.1) is 18.8 Å². The molecule has 0 amide bonds. The first-order valence-electron chi connectivity index (χ1n) is 8.50. The molecule has 2 saturated heterocycles. The standard InChI is InChI=1S/C20H22FNO2/c21-19-9-5-4-8-18(19)20(23)10-16-13-24-14-17(11-20)22(16)12-15-6-2-1-3-7-15/h1-9,16-17,23H,10-14H2. The van der Waals surface area contributed by atoms with E-state index >= 15 is 0 Å². The van der Waals surface area contributed by atoms with E-state index in [0.29, 0.717) is 31.6 Å². The van der Waals surface area contributed by atoms with Crippen molar-refractivity contribution in [2.75, 3.05) is 13.2 Å². The summed E-state index contributed by atoms with van der Waals surface area (Å²) in [5, 5.41) is 11.2. The van der Waals surface area contributed by atoms with Crippen LogP contribution in [0.1, 0.15) is 24.0 Å². The number of morpholine rings is 1. The van der Waals surface area contributed by atoms with Gasteiger partial charge in [0.25, 0.3) is 0 Å². The zero-order valence-electron chi connectivity index (χ0n) is 13.6. The summed E-state index contributed by atoms with van der Waals surface area (Å²) in [7, 11) is 0. The second-order valence-electron chi connectivity index (χ2n) is 6.92. The van der Waals surface area contributed by atoms with Gasteiger partial charge in [0.1, 0.15) is 5.82 Å². The molecule has 2 aromatic rings. The second kappa shape index (κ2) is 6.28. The number of piperidine rings is 1. The van der Waals surface area contributed by atoms with Crippen LogP contribution in [0, 0.1) is 5.82 Å². The average molecular weight is 327 g/mol. The van der Waals surface area contributed by atoms with E-state index in [-0.39, 0.29) is 17.9 Å². The van der Waals surface area contributed by atoms with E-state index in [4.69, 9.17) is 4.74 Å². The normalized spacial score (nSPS) is 30.2. The van der Waals surface area contributed by atoms with Gasteiger partial charge < -0.3 is 9.84 Å². The van der Waals surface area contributed by atoms with Crippen molar-refractivity contribution in [3.63, 3.8) is 0 Å². The van der Waals surface area contributed by atoms with Crippen molar-refractivity contribution < 1.29 is 14.2 Å². The number of rotatable bonds is 3. The van der Waals surface area contributed by atoms with Crippen LogP contribution in [0.25, 0.3) is 0 Å². The van der Waals surface area contributed by atoms with E-state index in [1.54, 1.807) is 18.2 Å². The van der Waals surface area contributed by atoms with Crippen LogP contribution in [-0.2, 0) is 16.9 Å². The third-order valence-corrected chi connectivity index (χ3v) is 5.29. The van der Waals surface area contributed by atoms with Crippen LogP contribution in [0.3, 0.4) is 0 Å². The SMILES string of the molecule is OC1(c2ccccc2F)CC2COCC(C1)N2Cc1ccccc1. The van der Waals surface area contributed by atoms with Crippen molar-refractivity contribution in [1.82, 2.24) is 4.90 Å². The van der Waals surface area contributed by atoms with Crippen LogP contribution in [0.2, 0.25) is 0 Å². The van der Waals surface area contributed by atoms with Crippen LogP contribution >= 0.6 is 0 Å². The number of hydrogen-bond donors (Lipinski definition) is 1. The average Bonchev–Trinajstić information content (AvgIpc) is 2.57. The molecule has 0 spiro atoms. The Balaban J connectivity index is 1.60. The fraction of sp³-hybridized carbons (Fsp3) is 0.400. The predicted molar refractivity (Wildman–Crippen MR) is 89.9 cm³/mol. The molecule has 2 aliphatic rings. The molecule has 126 valence electrons. The maximum absolute atomic E-state index is 14.2. The molecule has 2 unspecified atom stereocenters. The number of nitrogens with zero attached hydrogens (tertiary/aromatic N) is 1. The molecular weight excluding hydrogens is 305 g/mol. The highest BCUT2D eigenvalue weighted by atomic mass is 19.1. The first-order chi connectivity index (χ1) is 11.7. The lowest BCUT2D eigenvalue weighted by Gasteiger charge is -2.51. The van der Waals surface area contributed by atoms with Gasteiger partial charge in [-0.2, -0.15) is 0 Å². The van der Waals surface area contributed by atoms with E-state index in [2.05, 4.69) is 17.0 Å². The minimum atomic E-state index is -1.11. The summed E-state index contributed by atoms with van der Waals surface area (Å²) in [4.78, 5) is 2.41. The molecule has 0 aromatic heterocycles. The van der Waals surface area contributed by atoms with Crippen molar-refractivity contribution >= 4 is 0 Å². The molecule has 24 heavy (non-hydrogen) atoms. The lowest BCUT2D eigenvalue weighted by atomic mass is 9.76. The van der Waals surface area contributed by atoms with E-state index in [0.717, 1.165) is 6.54 Å². The van der Waals surface area contributed by atoms with E-state index in [1.165, 1.54) is 11.6 Å². The fourth-order valence-corrected chi connectivity index (χ4v) is 4.16. The highest BCUT2D eigenvalue weighted by Gasteiger charge is 2.47. The van der Waals surface area contributed by atoms with Crippen molar-refractivity contribution in [3.05, 3.63) is 71.5 Å². The Hall–Kier alpha value is -1.75. The molecule has 2 aliphatic heterocycles. The number of fused-ring (bicyclic) bond motifs is 2. The van der Waals surface area contributed by atoms with Crippen LogP contribution in [0.5, 0.6) is 0 Å².